The topological polar surface area (TPSA) is 9.23 Å². The Kier molecular flexibility index (Phi) is 3.45. The molecule has 0 bridgehead atoms. The Balaban J connectivity index is 3.18. The van der Waals surface area contributed by atoms with Gasteiger partial charge in [-0.3, -0.25) is 0 Å². The summed E-state index contributed by atoms with van der Waals surface area (Å²) in [6.45, 7) is 2.03. The lowest BCUT2D eigenvalue weighted by atomic mass is 9.87. The number of hydrogen-bond acceptors (Lipinski definition) is 1. The van der Waals surface area contributed by atoms with Crippen LogP contribution < -0.4 is 4.74 Å². The van der Waals surface area contributed by atoms with Gasteiger partial charge in [0.25, 0.3) is 0 Å². The molecule has 0 fully saturated rings. The van der Waals surface area contributed by atoms with E-state index in [1.54, 1.807) is 20.8 Å². The summed E-state index contributed by atoms with van der Waals surface area (Å²) >= 11 is 0. The van der Waals surface area contributed by atoms with Crippen molar-refractivity contribution in [3.63, 3.8) is 0 Å². The fourth-order valence-electron chi connectivity index (χ4n) is 1.19. The van der Waals surface area contributed by atoms with Gasteiger partial charge in [0.2, 0.25) is 0 Å². The summed E-state index contributed by atoms with van der Waals surface area (Å²) in [7, 11) is 0. The molecule has 0 aliphatic heterocycles. The van der Waals surface area contributed by atoms with Crippen molar-refractivity contribution in [3.8, 4) is 5.75 Å². The maximum absolute atomic E-state index is 13.3. The summed E-state index contributed by atoms with van der Waals surface area (Å²) in [4.78, 5) is 0. The van der Waals surface area contributed by atoms with E-state index in [0.717, 1.165) is 12.1 Å². The predicted molar refractivity (Wildman–Crippen MR) is 51.7 cm³/mol. The highest BCUT2D eigenvalue weighted by molar-refractivity contribution is 5.34. The van der Waals surface area contributed by atoms with Crippen molar-refractivity contribution in [2.24, 2.45) is 0 Å². The molecule has 16 heavy (non-hydrogen) atoms. The van der Waals surface area contributed by atoms with Gasteiger partial charge in [-0.25, -0.2) is 8.78 Å². The fraction of sp³-hybridized carbons (Fsp3) is 0.455. The highest BCUT2D eigenvalue weighted by Gasteiger charge is 2.21. The van der Waals surface area contributed by atoms with Crippen LogP contribution in [-0.4, -0.2) is 6.61 Å². The van der Waals surface area contributed by atoms with Gasteiger partial charge in [0.15, 0.2) is 17.4 Å². The molecule has 0 spiro atoms. The quantitative estimate of drug-likeness (QED) is 0.708. The summed E-state index contributed by atoms with van der Waals surface area (Å²) < 4.78 is 54.1. The van der Waals surface area contributed by atoms with Crippen LogP contribution in [0.5, 0.6) is 5.75 Å². The molecule has 0 aliphatic carbocycles. The van der Waals surface area contributed by atoms with E-state index in [1.807, 2.05) is 0 Å². The summed E-state index contributed by atoms with van der Waals surface area (Å²) in [6, 6.07) is 2.00. The number of benzene rings is 1. The molecule has 0 saturated heterocycles. The van der Waals surface area contributed by atoms with E-state index < -0.39 is 29.4 Å². The van der Waals surface area contributed by atoms with Crippen LogP contribution in [0.2, 0.25) is 0 Å². The zero-order chi connectivity index (χ0) is 12.5. The Morgan fingerprint density at radius 1 is 1.06 bits per heavy atom. The van der Waals surface area contributed by atoms with Crippen LogP contribution in [-0.2, 0) is 5.41 Å². The number of alkyl halides is 2. The molecule has 0 N–H and O–H groups in total. The highest BCUT2D eigenvalue weighted by Crippen LogP contribution is 2.30. The first-order valence-corrected chi connectivity index (χ1v) is 4.66. The normalized spacial score (nSPS) is 12.0. The van der Waals surface area contributed by atoms with Crippen LogP contribution in [0, 0.1) is 11.6 Å². The second kappa shape index (κ2) is 4.31. The Labute approximate surface area is 91.0 Å². The van der Waals surface area contributed by atoms with Crippen molar-refractivity contribution in [2.75, 3.05) is 0 Å². The van der Waals surface area contributed by atoms with Crippen LogP contribution in [0.25, 0.3) is 0 Å². The lowest BCUT2D eigenvalue weighted by Crippen LogP contribution is -2.13. The van der Waals surface area contributed by atoms with Crippen molar-refractivity contribution >= 4 is 0 Å². The van der Waals surface area contributed by atoms with Crippen molar-refractivity contribution in [1.29, 1.82) is 0 Å². The van der Waals surface area contributed by atoms with E-state index in [4.69, 9.17) is 0 Å². The molecular formula is C11H12F4O. The summed E-state index contributed by atoms with van der Waals surface area (Å²) in [5.74, 6) is -3.28. The lowest BCUT2D eigenvalue weighted by Gasteiger charge is -2.20. The first-order chi connectivity index (χ1) is 7.21. The fourth-order valence-corrected chi connectivity index (χ4v) is 1.19. The van der Waals surface area contributed by atoms with Crippen molar-refractivity contribution in [3.05, 3.63) is 29.3 Å². The lowest BCUT2D eigenvalue weighted by molar-refractivity contribution is -0.0546. The minimum atomic E-state index is -3.25. The van der Waals surface area contributed by atoms with Crippen LogP contribution >= 0.6 is 0 Å². The Morgan fingerprint density at radius 2 is 1.50 bits per heavy atom. The van der Waals surface area contributed by atoms with Crippen molar-refractivity contribution in [1.82, 2.24) is 0 Å². The standard InChI is InChI=1S/C11H12F4O/c1-11(2,3)6-4-7(12)9(8(13)5-6)16-10(14)15/h4-5,10H,1-3H3. The zero-order valence-electron chi connectivity index (χ0n) is 9.15. The van der Waals surface area contributed by atoms with E-state index in [1.165, 1.54) is 0 Å². The van der Waals surface area contributed by atoms with Crippen LogP contribution in [0.4, 0.5) is 17.6 Å². The zero-order valence-corrected chi connectivity index (χ0v) is 9.15. The average Bonchev–Trinajstić information content (AvgIpc) is 2.09. The molecule has 0 aliphatic rings. The maximum atomic E-state index is 13.3. The molecule has 1 aromatic carbocycles. The van der Waals surface area contributed by atoms with E-state index >= 15 is 0 Å². The third-order valence-electron chi connectivity index (χ3n) is 2.07. The molecule has 0 atom stereocenters. The Hall–Kier alpha value is -1.26. The summed E-state index contributed by atoms with van der Waals surface area (Å²) in [6.07, 6.45) is 0. The van der Waals surface area contributed by atoms with Gasteiger partial charge in [0.05, 0.1) is 0 Å². The van der Waals surface area contributed by atoms with E-state index in [0.29, 0.717) is 5.56 Å². The van der Waals surface area contributed by atoms with E-state index in [9.17, 15) is 17.6 Å². The Morgan fingerprint density at radius 3 is 1.81 bits per heavy atom. The van der Waals surface area contributed by atoms with Crippen molar-refractivity contribution < 1.29 is 22.3 Å². The highest BCUT2D eigenvalue weighted by atomic mass is 19.3. The first-order valence-electron chi connectivity index (χ1n) is 4.66. The summed E-state index contributed by atoms with van der Waals surface area (Å²) in [5, 5.41) is 0. The third kappa shape index (κ3) is 2.87. The van der Waals surface area contributed by atoms with Crippen LogP contribution in [0.1, 0.15) is 26.3 Å². The molecule has 90 valence electrons. The van der Waals surface area contributed by atoms with Gasteiger partial charge in [-0.1, -0.05) is 20.8 Å². The van der Waals surface area contributed by atoms with E-state index in [2.05, 4.69) is 4.74 Å². The van der Waals surface area contributed by atoms with Gasteiger partial charge in [0.1, 0.15) is 0 Å². The van der Waals surface area contributed by atoms with Gasteiger partial charge in [0, 0.05) is 0 Å². The number of ether oxygens (including phenoxy) is 1. The van der Waals surface area contributed by atoms with E-state index in [-0.39, 0.29) is 0 Å². The molecule has 0 saturated carbocycles. The predicted octanol–water partition coefficient (Wildman–Crippen LogP) is 3.86. The van der Waals surface area contributed by atoms with Gasteiger partial charge in [-0.15, -0.1) is 0 Å². The molecule has 0 aromatic heterocycles. The first kappa shape index (κ1) is 12.8. The second-order valence-corrected chi connectivity index (χ2v) is 4.40. The number of halogens is 4. The van der Waals surface area contributed by atoms with Crippen LogP contribution in [0.15, 0.2) is 12.1 Å². The average molecular weight is 236 g/mol. The minimum absolute atomic E-state index is 0.379. The third-order valence-corrected chi connectivity index (χ3v) is 2.07. The molecular weight excluding hydrogens is 224 g/mol. The van der Waals surface area contributed by atoms with Gasteiger partial charge >= 0.3 is 6.61 Å². The van der Waals surface area contributed by atoms with Crippen molar-refractivity contribution in [2.45, 2.75) is 32.8 Å². The molecule has 0 amide bonds. The summed E-state index contributed by atoms with van der Waals surface area (Å²) in [5.41, 5.74) is -0.0884. The number of rotatable bonds is 2. The minimum Gasteiger partial charge on any atom is -0.429 e. The van der Waals surface area contributed by atoms with Crippen LogP contribution in [0.3, 0.4) is 0 Å². The molecule has 0 radical (unpaired) electrons. The molecule has 0 unspecified atom stereocenters. The molecule has 0 heterocycles. The molecule has 1 aromatic rings. The monoisotopic (exact) mass is 236 g/mol. The molecule has 5 heteroatoms. The SMILES string of the molecule is CC(C)(C)c1cc(F)c(OC(F)F)c(F)c1. The van der Waals surface area contributed by atoms with Gasteiger partial charge < -0.3 is 4.74 Å². The molecule has 1 rings (SSSR count). The maximum Gasteiger partial charge on any atom is 0.387 e. The molecule has 1 nitrogen and oxygen atoms in total. The smallest absolute Gasteiger partial charge is 0.387 e. The second-order valence-electron chi connectivity index (χ2n) is 4.40. The number of hydrogen-bond donors (Lipinski definition) is 0. The largest absolute Gasteiger partial charge is 0.429 e. The van der Waals surface area contributed by atoms with Gasteiger partial charge in [-0.2, -0.15) is 8.78 Å². The van der Waals surface area contributed by atoms with Gasteiger partial charge in [-0.05, 0) is 23.1 Å². The Bertz CT molecular complexity index is 359.